The third-order valence-corrected chi connectivity index (χ3v) is 9.56. The number of nitrogens with one attached hydrogen (secondary N) is 3. The molecule has 0 unspecified atom stereocenters. The van der Waals surface area contributed by atoms with Crippen molar-refractivity contribution < 1.29 is 14.3 Å². The molecule has 0 aliphatic carbocycles. The van der Waals surface area contributed by atoms with Crippen molar-refractivity contribution in [1.29, 1.82) is 5.41 Å². The Balaban J connectivity index is 1.50. The second kappa shape index (κ2) is 12.4. The van der Waals surface area contributed by atoms with Crippen LogP contribution < -0.4 is 10.6 Å². The molecule has 3 heterocycles. The Morgan fingerprint density at radius 2 is 2.05 bits per heavy atom. The van der Waals surface area contributed by atoms with Crippen LogP contribution in [0.25, 0.3) is 10.2 Å². The van der Waals surface area contributed by atoms with E-state index in [1.807, 2.05) is 25.1 Å². The highest BCUT2D eigenvalue weighted by molar-refractivity contribution is 7.18. The number of anilines is 2. The molecule has 1 aliphatic rings. The van der Waals surface area contributed by atoms with E-state index in [1.54, 1.807) is 16.2 Å². The molecule has 2 aromatic heterocycles. The SMILES string of the molecule is Cc1nc2cc([C@H]3CC[C@H](C)CN3C(=O)C(=O)Nc3cncc(C=N)c3NCOCC[Si](C)(C)C)ccc2s1. The van der Waals surface area contributed by atoms with Crippen molar-refractivity contribution in [2.45, 2.75) is 58.4 Å². The van der Waals surface area contributed by atoms with Crippen molar-refractivity contribution in [3.63, 3.8) is 0 Å². The molecule has 2 amide bonds. The van der Waals surface area contributed by atoms with E-state index >= 15 is 0 Å². The molecule has 2 atom stereocenters. The Morgan fingerprint density at radius 1 is 1.26 bits per heavy atom. The minimum Gasteiger partial charge on any atom is -0.362 e. The molecule has 0 radical (unpaired) electrons. The quantitative estimate of drug-likeness (QED) is 0.101. The number of pyridine rings is 1. The number of aryl methyl sites for hydroxylation is 1. The maximum Gasteiger partial charge on any atom is 0.314 e. The van der Waals surface area contributed by atoms with E-state index in [1.165, 1.54) is 12.4 Å². The lowest BCUT2D eigenvalue weighted by Crippen LogP contribution is -2.46. The lowest BCUT2D eigenvalue weighted by atomic mass is 9.89. The molecule has 11 heteroatoms. The Kier molecular flexibility index (Phi) is 9.14. The van der Waals surface area contributed by atoms with Crippen molar-refractivity contribution in [1.82, 2.24) is 14.9 Å². The molecule has 0 bridgehead atoms. The van der Waals surface area contributed by atoms with Crippen LogP contribution in [-0.4, -0.2) is 60.9 Å². The number of rotatable bonds is 9. The highest BCUT2D eigenvalue weighted by atomic mass is 32.1. The van der Waals surface area contributed by atoms with Gasteiger partial charge in [-0.2, -0.15) is 0 Å². The van der Waals surface area contributed by atoms with Gasteiger partial charge in [0.2, 0.25) is 0 Å². The smallest absolute Gasteiger partial charge is 0.314 e. The van der Waals surface area contributed by atoms with Gasteiger partial charge in [0, 0.05) is 39.2 Å². The second-order valence-electron chi connectivity index (χ2n) is 11.4. The van der Waals surface area contributed by atoms with Crippen LogP contribution in [0.1, 0.15) is 41.9 Å². The van der Waals surface area contributed by atoms with E-state index < -0.39 is 19.9 Å². The summed E-state index contributed by atoms with van der Waals surface area (Å²) < 4.78 is 6.87. The largest absolute Gasteiger partial charge is 0.362 e. The fraction of sp³-hybridized carbons (Fsp3) is 0.464. The first kappa shape index (κ1) is 28.8. The first-order valence-electron chi connectivity index (χ1n) is 13.3. The zero-order valence-electron chi connectivity index (χ0n) is 23.3. The maximum absolute atomic E-state index is 13.6. The van der Waals surface area contributed by atoms with Gasteiger partial charge in [0.05, 0.1) is 38.8 Å². The van der Waals surface area contributed by atoms with Crippen molar-refractivity contribution in [2.24, 2.45) is 5.92 Å². The molecule has 0 saturated carbocycles. The van der Waals surface area contributed by atoms with E-state index in [9.17, 15) is 9.59 Å². The number of piperidine rings is 1. The van der Waals surface area contributed by atoms with Crippen LogP contribution in [0.15, 0.2) is 30.6 Å². The predicted octanol–water partition coefficient (Wildman–Crippen LogP) is 5.66. The Labute approximate surface area is 234 Å². The number of carbonyl (C=O) groups excluding carboxylic acids is 2. The summed E-state index contributed by atoms with van der Waals surface area (Å²) in [6.07, 6.45) is 5.93. The number of hydrogen-bond donors (Lipinski definition) is 3. The van der Waals surface area contributed by atoms with Crippen molar-refractivity contribution >= 4 is 59.0 Å². The molecule has 208 valence electrons. The molecule has 3 N–H and O–H groups in total. The molecule has 39 heavy (non-hydrogen) atoms. The number of nitrogens with zero attached hydrogens (tertiary/aromatic N) is 3. The zero-order chi connectivity index (χ0) is 28.2. The normalized spacial score (nSPS) is 17.7. The molecular weight excluding hydrogens is 529 g/mol. The fourth-order valence-electron chi connectivity index (χ4n) is 4.75. The van der Waals surface area contributed by atoms with E-state index in [-0.39, 0.29) is 18.7 Å². The van der Waals surface area contributed by atoms with Crippen molar-refractivity contribution in [3.8, 4) is 0 Å². The molecule has 1 aromatic carbocycles. The Morgan fingerprint density at radius 3 is 2.79 bits per heavy atom. The van der Waals surface area contributed by atoms with Crippen LogP contribution in [0.3, 0.4) is 0 Å². The van der Waals surface area contributed by atoms with Gasteiger partial charge in [-0.15, -0.1) is 11.3 Å². The summed E-state index contributed by atoms with van der Waals surface area (Å²) in [5.74, 6) is -1.03. The Bertz CT molecular complexity index is 1350. The van der Waals surface area contributed by atoms with Gasteiger partial charge in [-0.1, -0.05) is 32.6 Å². The number of amides is 2. The molecule has 0 spiro atoms. The lowest BCUT2D eigenvalue weighted by Gasteiger charge is -2.38. The first-order valence-corrected chi connectivity index (χ1v) is 17.9. The molecule has 1 fully saturated rings. The number of thiazole rings is 1. The number of carbonyl (C=O) groups is 2. The van der Waals surface area contributed by atoms with Crippen LogP contribution in [0.5, 0.6) is 0 Å². The molecule has 1 saturated heterocycles. The van der Waals surface area contributed by atoms with Crippen LogP contribution in [-0.2, 0) is 14.3 Å². The summed E-state index contributed by atoms with van der Waals surface area (Å²) in [5.41, 5.74) is 3.24. The maximum atomic E-state index is 13.6. The average Bonchev–Trinajstić information content (AvgIpc) is 3.27. The van der Waals surface area contributed by atoms with Crippen molar-refractivity contribution in [3.05, 3.63) is 46.7 Å². The number of fused-ring (bicyclic) bond motifs is 1. The van der Waals surface area contributed by atoms with E-state index in [0.717, 1.165) is 45.9 Å². The number of likely N-dealkylation sites (tertiary alicyclic amines) is 1. The van der Waals surface area contributed by atoms with Crippen LogP contribution in [0.2, 0.25) is 25.7 Å². The third kappa shape index (κ3) is 7.28. The molecule has 9 nitrogen and oxygen atoms in total. The van der Waals surface area contributed by atoms with Crippen molar-refractivity contribution in [2.75, 3.05) is 30.5 Å². The summed E-state index contributed by atoms with van der Waals surface area (Å²) >= 11 is 1.64. The van der Waals surface area contributed by atoms with E-state index in [4.69, 9.17) is 10.1 Å². The fourth-order valence-corrected chi connectivity index (χ4v) is 6.31. The summed E-state index contributed by atoms with van der Waals surface area (Å²) in [5, 5.41) is 14.7. The number of aromatic nitrogens is 2. The summed E-state index contributed by atoms with van der Waals surface area (Å²) in [6.45, 7) is 12.3. The van der Waals surface area contributed by atoms with Gasteiger partial charge in [-0.25, -0.2) is 4.98 Å². The van der Waals surface area contributed by atoms with Gasteiger partial charge in [-0.05, 0) is 49.4 Å². The monoisotopic (exact) mass is 566 g/mol. The summed E-state index contributed by atoms with van der Waals surface area (Å²) in [6, 6.07) is 6.97. The Hall–Kier alpha value is -3.15. The minimum atomic E-state index is -1.22. The minimum absolute atomic E-state index is 0.200. The van der Waals surface area contributed by atoms with Crippen LogP contribution in [0, 0.1) is 18.3 Å². The van der Waals surface area contributed by atoms with Crippen LogP contribution in [0.4, 0.5) is 11.4 Å². The second-order valence-corrected chi connectivity index (χ2v) is 18.3. The molecule has 1 aliphatic heterocycles. The molecule has 4 rings (SSSR count). The average molecular weight is 567 g/mol. The first-order chi connectivity index (χ1) is 18.6. The highest BCUT2D eigenvalue weighted by Crippen LogP contribution is 2.36. The predicted molar refractivity (Wildman–Crippen MR) is 161 cm³/mol. The zero-order valence-corrected chi connectivity index (χ0v) is 25.2. The van der Waals surface area contributed by atoms with Gasteiger partial charge in [0.1, 0.15) is 6.73 Å². The number of benzene rings is 1. The highest BCUT2D eigenvalue weighted by Gasteiger charge is 2.34. The summed E-state index contributed by atoms with van der Waals surface area (Å²) in [7, 11) is -1.22. The lowest BCUT2D eigenvalue weighted by molar-refractivity contribution is -0.146. The third-order valence-electron chi connectivity index (χ3n) is 6.90. The number of ether oxygens (including phenoxy) is 1. The number of hydrogen-bond acceptors (Lipinski definition) is 8. The van der Waals surface area contributed by atoms with E-state index in [2.05, 4.69) is 47.2 Å². The van der Waals surface area contributed by atoms with Gasteiger partial charge < -0.3 is 25.7 Å². The molecular formula is C28H38N6O3SSi. The van der Waals surface area contributed by atoms with Gasteiger partial charge in [-0.3, -0.25) is 14.6 Å². The van der Waals surface area contributed by atoms with Crippen LogP contribution >= 0.6 is 11.3 Å². The van der Waals surface area contributed by atoms with E-state index in [0.29, 0.717) is 30.1 Å². The van der Waals surface area contributed by atoms with Gasteiger partial charge in [0.15, 0.2) is 0 Å². The molecule has 3 aromatic rings. The van der Waals surface area contributed by atoms with Gasteiger partial charge >= 0.3 is 11.8 Å². The summed E-state index contributed by atoms with van der Waals surface area (Å²) in [4.78, 5) is 37.3. The topological polar surface area (TPSA) is 120 Å². The van der Waals surface area contributed by atoms with Gasteiger partial charge in [0.25, 0.3) is 0 Å². The standard InChI is InChI=1S/C28H38N6O3SSi/c1-18-6-8-24(20-7-9-25-22(12-20)32-19(2)38-25)34(16-18)28(36)27(35)33-23-15-30-14-21(13-29)26(23)31-17-37-10-11-39(3,4)5/h7,9,12-15,18,24,29H,6,8,10-11,16-17H2,1-5H3,(H,30,31)(H,33,35)/t18-,24+/m0/s1.